The molecule has 0 N–H and O–H groups in total. The predicted molar refractivity (Wildman–Crippen MR) is 68.6 cm³/mol. The second-order valence-corrected chi connectivity index (χ2v) is 6.95. The zero-order valence-corrected chi connectivity index (χ0v) is 11.8. The summed E-state index contributed by atoms with van der Waals surface area (Å²) in [7, 11) is -4.13. The molecule has 1 aromatic rings. The van der Waals surface area contributed by atoms with E-state index < -0.39 is 28.8 Å². The molecule has 0 radical (unpaired) electrons. The molecule has 0 saturated heterocycles. The third-order valence-corrected chi connectivity index (χ3v) is 5.39. The Morgan fingerprint density at radius 1 is 1.25 bits per heavy atom. The second kappa shape index (κ2) is 5.37. The van der Waals surface area contributed by atoms with Crippen molar-refractivity contribution in [1.29, 1.82) is 0 Å². The lowest BCUT2D eigenvalue weighted by Gasteiger charge is -2.29. The quantitative estimate of drug-likeness (QED) is 0.838. The summed E-state index contributed by atoms with van der Waals surface area (Å²) in [5, 5.41) is 0. The third kappa shape index (κ3) is 3.52. The number of hydrogen-bond donors (Lipinski definition) is 0. The van der Waals surface area contributed by atoms with Gasteiger partial charge in [-0.15, -0.1) is 0 Å². The van der Waals surface area contributed by atoms with Crippen LogP contribution in [0.4, 0.5) is 13.2 Å². The molecule has 1 atom stereocenters. The number of benzene rings is 1. The van der Waals surface area contributed by atoms with Crippen molar-refractivity contribution in [2.75, 3.05) is 6.54 Å². The third-order valence-electron chi connectivity index (χ3n) is 3.44. The van der Waals surface area contributed by atoms with Gasteiger partial charge < -0.3 is 0 Å². The summed E-state index contributed by atoms with van der Waals surface area (Å²) in [6.07, 6.45) is -3.00. The molecule has 7 heteroatoms. The Kier molecular flexibility index (Phi) is 4.11. The van der Waals surface area contributed by atoms with Crippen LogP contribution in [-0.2, 0) is 10.0 Å². The Labute approximate surface area is 116 Å². The molecule has 1 fully saturated rings. The van der Waals surface area contributed by atoms with Crippen molar-refractivity contribution >= 4 is 10.0 Å². The van der Waals surface area contributed by atoms with Gasteiger partial charge in [0, 0.05) is 6.04 Å². The molecule has 0 aliphatic heterocycles. The molecule has 1 saturated carbocycles. The Balaban J connectivity index is 2.34. The van der Waals surface area contributed by atoms with E-state index >= 15 is 0 Å². The maximum absolute atomic E-state index is 12.7. The topological polar surface area (TPSA) is 37.4 Å². The van der Waals surface area contributed by atoms with Crippen LogP contribution in [-0.4, -0.2) is 31.5 Å². The molecule has 3 nitrogen and oxygen atoms in total. The van der Waals surface area contributed by atoms with Crippen LogP contribution in [0.3, 0.4) is 0 Å². The van der Waals surface area contributed by atoms with Gasteiger partial charge >= 0.3 is 6.18 Å². The monoisotopic (exact) mass is 307 g/mol. The van der Waals surface area contributed by atoms with Crippen molar-refractivity contribution in [1.82, 2.24) is 4.31 Å². The Morgan fingerprint density at radius 2 is 1.80 bits per heavy atom. The predicted octanol–water partition coefficient (Wildman–Crippen LogP) is 3.04. The van der Waals surface area contributed by atoms with Gasteiger partial charge in [0.05, 0.1) is 4.90 Å². The molecule has 0 heterocycles. The molecule has 2 rings (SSSR count). The maximum Gasteiger partial charge on any atom is 0.402 e. The van der Waals surface area contributed by atoms with Gasteiger partial charge in [-0.2, -0.15) is 17.5 Å². The van der Waals surface area contributed by atoms with Crippen molar-refractivity contribution in [3.8, 4) is 0 Å². The van der Waals surface area contributed by atoms with E-state index in [2.05, 4.69) is 0 Å². The zero-order valence-electron chi connectivity index (χ0n) is 11.0. The minimum Gasteiger partial charge on any atom is -0.207 e. The molecule has 1 aromatic carbocycles. The van der Waals surface area contributed by atoms with Crippen LogP contribution in [0.15, 0.2) is 35.2 Å². The number of rotatable bonds is 5. The largest absolute Gasteiger partial charge is 0.402 e. The van der Waals surface area contributed by atoms with Crippen molar-refractivity contribution < 1.29 is 21.6 Å². The van der Waals surface area contributed by atoms with Crippen molar-refractivity contribution in [2.24, 2.45) is 5.92 Å². The van der Waals surface area contributed by atoms with Crippen molar-refractivity contribution in [3.05, 3.63) is 30.3 Å². The first-order chi connectivity index (χ1) is 9.22. The van der Waals surface area contributed by atoms with Crippen LogP contribution >= 0.6 is 0 Å². The van der Waals surface area contributed by atoms with Gasteiger partial charge in [-0.25, -0.2) is 8.42 Å². The molecule has 0 aromatic heterocycles. The summed E-state index contributed by atoms with van der Waals surface area (Å²) in [5.74, 6) is 0.0239. The molecule has 0 bridgehead atoms. The van der Waals surface area contributed by atoms with Crippen LogP contribution in [0.2, 0.25) is 0 Å². The van der Waals surface area contributed by atoms with Gasteiger partial charge in [-0.3, -0.25) is 0 Å². The molecule has 0 amide bonds. The van der Waals surface area contributed by atoms with E-state index in [1.807, 2.05) is 0 Å². The Hall–Kier alpha value is -1.08. The van der Waals surface area contributed by atoms with Gasteiger partial charge in [0.25, 0.3) is 0 Å². The summed E-state index contributed by atoms with van der Waals surface area (Å²) in [6.45, 7) is 0.103. The lowest BCUT2D eigenvalue weighted by atomic mass is 10.2. The highest BCUT2D eigenvalue weighted by molar-refractivity contribution is 7.89. The summed E-state index contributed by atoms with van der Waals surface area (Å²) in [6, 6.07) is 6.62. The number of alkyl halides is 3. The fraction of sp³-hybridized carbons (Fsp3) is 0.538. The first-order valence-corrected chi connectivity index (χ1v) is 7.79. The van der Waals surface area contributed by atoms with Gasteiger partial charge in [0.2, 0.25) is 10.0 Å². The summed E-state index contributed by atoms with van der Waals surface area (Å²) in [5.41, 5.74) is 0. The summed E-state index contributed by atoms with van der Waals surface area (Å²) in [4.78, 5) is -0.100. The van der Waals surface area contributed by atoms with Crippen LogP contribution in [0.1, 0.15) is 19.8 Å². The normalized spacial score (nSPS) is 18.2. The minimum absolute atomic E-state index is 0.0239. The number of nitrogens with zero attached hydrogens (tertiary/aromatic N) is 1. The SMILES string of the molecule is CC(C1CC1)N(CC(F)(F)F)S(=O)(=O)c1ccccc1. The molecular weight excluding hydrogens is 291 g/mol. The van der Waals surface area contributed by atoms with Crippen LogP contribution in [0.25, 0.3) is 0 Å². The standard InChI is InChI=1S/C13H16F3NO2S/c1-10(11-7-8-11)17(9-13(14,15)16)20(18,19)12-5-3-2-4-6-12/h2-6,10-11H,7-9H2,1H3. The van der Waals surface area contributed by atoms with E-state index in [4.69, 9.17) is 0 Å². The number of hydrogen-bond acceptors (Lipinski definition) is 2. The lowest BCUT2D eigenvalue weighted by molar-refractivity contribution is -0.139. The Morgan fingerprint density at radius 3 is 2.25 bits per heavy atom. The smallest absolute Gasteiger partial charge is 0.207 e. The van der Waals surface area contributed by atoms with Crippen molar-refractivity contribution in [2.45, 2.75) is 36.9 Å². The van der Waals surface area contributed by atoms with E-state index in [-0.39, 0.29) is 10.8 Å². The zero-order chi connectivity index (χ0) is 15.0. The molecule has 1 aliphatic rings. The van der Waals surface area contributed by atoms with Crippen LogP contribution < -0.4 is 0 Å². The molecule has 0 spiro atoms. The summed E-state index contributed by atoms with van der Waals surface area (Å²) < 4.78 is 63.5. The van der Waals surface area contributed by atoms with E-state index in [1.54, 1.807) is 13.0 Å². The van der Waals surface area contributed by atoms with E-state index in [0.29, 0.717) is 4.31 Å². The maximum atomic E-state index is 12.7. The van der Waals surface area contributed by atoms with Gasteiger partial charge in [0.1, 0.15) is 6.54 Å². The molecule has 20 heavy (non-hydrogen) atoms. The van der Waals surface area contributed by atoms with Gasteiger partial charge in [0.15, 0.2) is 0 Å². The van der Waals surface area contributed by atoms with Crippen LogP contribution in [0.5, 0.6) is 0 Å². The summed E-state index contributed by atoms with van der Waals surface area (Å²) >= 11 is 0. The average Bonchev–Trinajstić information content (AvgIpc) is 3.19. The highest BCUT2D eigenvalue weighted by Gasteiger charge is 2.44. The fourth-order valence-corrected chi connectivity index (χ4v) is 3.86. The molecule has 112 valence electrons. The second-order valence-electron chi connectivity index (χ2n) is 5.06. The van der Waals surface area contributed by atoms with Gasteiger partial charge in [-0.05, 0) is 37.8 Å². The van der Waals surface area contributed by atoms with Crippen molar-refractivity contribution in [3.63, 3.8) is 0 Å². The Bertz CT molecular complexity index is 553. The molecule has 1 aliphatic carbocycles. The average molecular weight is 307 g/mol. The molecule has 1 unspecified atom stereocenters. The number of sulfonamides is 1. The minimum atomic E-state index is -4.55. The first kappa shape index (κ1) is 15.3. The van der Waals surface area contributed by atoms with E-state index in [1.165, 1.54) is 24.3 Å². The highest BCUT2D eigenvalue weighted by Crippen LogP contribution is 2.38. The van der Waals surface area contributed by atoms with E-state index in [0.717, 1.165) is 12.8 Å². The highest BCUT2D eigenvalue weighted by atomic mass is 32.2. The van der Waals surface area contributed by atoms with Crippen LogP contribution in [0, 0.1) is 5.92 Å². The number of halogens is 3. The first-order valence-electron chi connectivity index (χ1n) is 6.35. The van der Waals surface area contributed by atoms with Gasteiger partial charge in [-0.1, -0.05) is 18.2 Å². The fourth-order valence-electron chi connectivity index (χ4n) is 2.17. The lowest BCUT2D eigenvalue weighted by Crippen LogP contribution is -2.45. The van der Waals surface area contributed by atoms with E-state index in [9.17, 15) is 21.6 Å². The molecular formula is C13H16F3NO2S.